The number of hydrogen-bond acceptors (Lipinski definition) is 3. The molecule has 0 aromatic carbocycles. The Hall–Kier alpha value is -1.65. The lowest BCUT2D eigenvalue weighted by atomic mass is 9.81. The maximum absolute atomic E-state index is 12.2. The number of rotatable bonds is 2. The number of amides is 4. The van der Waals surface area contributed by atoms with Crippen LogP contribution in [0.25, 0.3) is 0 Å². The van der Waals surface area contributed by atoms with Crippen molar-refractivity contribution in [2.24, 2.45) is 17.8 Å². The molecule has 1 aliphatic heterocycles. The molecule has 0 unspecified atom stereocenters. The normalized spacial score (nSPS) is 30.2. The molecule has 5 nitrogen and oxygen atoms in total. The number of urea groups is 1. The first kappa shape index (κ1) is 12.8. The van der Waals surface area contributed by atoms with E-state index < -0.39 is 11.9 Å². The first-order chi connectivity index (χ1) is 8.49. The van der Waals surface area contributed by atoms with Crippen LogP contribution in [0.3, 0.4) is 0 Å². The van der Waals surface area contributed by atoms with Crippen LogP contribution in [0.15, 0.2) is 12.7 Å². The minimum atomic E-state index is -0.719. The zero-order valence-corrected chi connectivity index (χ0v) is 10.8. The van der Waals surface area contributed by atoms with Gasteiger partial charge < -0.3 is 0 Å². The summed E-state index contributed by atoms with van der Waals surface area (Å²) in [5.74, 6) is -1.29. The molecule has 0 spiro atoms. The van der Waals surface area contributed by atoms with Gasteiger partial charge in [-0.3, -0.25) is 19.4 Å². The van der Waals surface area contributed by atoms with E-state index in [9.17, 15) is 14.4 Å². The average Bonchev–Trinajstić information content (AvgIpc) is 2.82. The van der Waals surface area contributed by atoms with Crippen LogP contribution in [-0.2, 0) is 9.59 Å². The Morgan fingerprint density at radius 1 is 1.11 bits per heavy atom. The van der Waals surface area contributed by atoms with Crippen molar-refractivity contribution in [1.29, 1.82) is 0 Å². The van der Waals surface area contributed by atoms with Crippen LogP contribution in [-0.4, -0.2) is 41.7 Å². The molecule has 2 aliphatic rings. The molecular formula is C13H18N2O3. The van der Waals surface area contributed by atoms with Crippen LogP contribution in [0.4, 0.5) is 4.79 Å². The van der Waals surface area contributed by atoms with E-state index >= 15 is 0 Å². The highest BCUT2D eigenvalue weighted by Gasteiger charge is 2.48. The van der Waals surface area contributed by atoms with Crippen molar-refractivity contribution in [3.8, 4) is 0 Å². The predicted octanol–water partition coefficient (Wildman–Crippen LogP) is 1.26. The predicted molar refractivity (Wildman–Crippen MR) is 65.5 cm³/mol. The average molecular weight is 250 g/mol. The van der Waals surface area contributed by atoms with Crippen molar-refractivity contribution in [1.82, 2.24) is 9.80 Å². The number of hydrogen-bond donors (Lipinski definition) is 0. The lowest BCUT2D eigenvalue weighted by molar-refractivity contribution is -0.150. The second-order valence-corrected chi connectivity index (χ2v) is 5.05. The van der Waals surface area contributed by atoms with Gasteiger partial charge in [0, 0.05) is 14.1 Å². The van der Waals surface area contributed by atoms with E-state index in [1.165, 1.54) is 14.1 Å². The fourth-order valence-electron chi connectivity index (χ4n) is 3.03. The highest BCUT2D eigenvalue weighted by molar-refractivity contribution is 6.15. The Labute approximate surface area is 106 Å². The summed E-state index contributed by atoms with van der Waals surface area (Å²) in [6, 6.07) is -0.547. The van der Waals surface area contributed by atoms with E-state index in [1.54, 1.807) is 0 Å². The fraction of sp³-hybridized carbons (Fsp3) is 0.615. The number of nitrogens with zero attached hydrogens (tertiary/aromatic N) is 2. The minimum Gasteiger partial charge on any atom is -0.273 e. The van der Waals surface area contributed by atoms with Gasteiger partial charge in [0.25, 0.3) is 0 Å². The molecule has 2 atom stereocenters. The molecule has 2 rings (SSSR count). The Kier molecular flexibility index (Phi) is 3.24. The highest BCUT2D eigenvalue weighted by atomic mass is 16.2. The standard InChI is InChI=1S/C13H18N2O3/c1-4-8-6-5-7-9(8)10-11(16)14(2)13(18)15(3)12(10)17/h4,8-10H,1,5-7H2,2-3H3/t8-,9-/m0/s1. The molecule has 1 saturated heterocycles. The third-order valence-electron chi connectivity index (χ3n) is 4.12. The van der Waals surface area contributed by atoms with Gasteiger partial charge in [-0.25, -0.2) is 4.79 Å². The summed E-state index contributed by atoms with van der Waals surface area (Å²) in [5, 5.41) is 0. The molecule has 18 heavy (non-hydrogen) atoms. The minimum absolute atomic E-state index is 0.0134. The Balaban J connectivity index is 2.31. The Bertz CT molecular complexity index is 394. The largest absolute Gasteiger partial charge is 0.332 e. The monoisotopic (exact) mass is 250 g/mol. The molecular weight excluding hydrogens is 232 g/mol. The lowest BCUT2D eigenvalue weighted by Crippen LogP contribution is -2.58. The second kappa shape index (κ2) is 4.55. The molecule has 0 aromatic heterocycles. The van der Waals surface area contributed by atoms with E-state index in [2.05, 4.69) is 6.58 Å². The van der Waals surface area contributed by atoms with Crippen LogP contribution in [0, 0.1) is 17.8 Å². The number of imide groups is 2. The van der Waals surface area contributed by atoms with E-state index in [0.717, 1.165) is 29.1 Å². The number of carbonyl (C=O) groups is 3. The van der Waals surface area contributed by atoms with E-state index in [0.29, 0.717) is 0 Å². The van der Waals surface area contributed by atoms with Gasteiger partial charge in [-0.1, -0.05) is 12.5 Å². The molecule has 98 valence electrons. The van der Waals surface area contributed by atoms with Crippen LogP contribution in [0.1, 0.15) is 19.3 Å². The van der Waals surface area contributed by atoms with E-state index in [-0.39, 0.29) is 23.7 Å². The summed E-state index contributed by atoms with van der Waals surface area (Å²) in [6.07, 6.45) is 4.63. The molecule has 2 fully saturated rings. The molecule has 1 saturated carbocycles. The number of barbiturate groups is 1. The molecule has 0 radical (unpaired) electrons. The van der Waals surface area contributed by atoms with Gasteiger partial charge in [-0.15, -0.1) is 6.58 Å². The number of carbonyl (C=O) groups excluding carboxylic acids is 3. The smallest absolute Gasteiger partial charge is 0.273 e. The zero-order valence-electron chi connectivity index (χ0n) is 10.8. The second-order valence-electron chi connectivity index (χ2n) is 5.05. The van der Waals surface area contributed by atoms with Crippen molar-refractivity contribution in [2.75, 3.05) is 14.1 Å². The summed E-state index contributed by atoms with van der Waals surface area (Å²) >= 11 is 0. The maximum atomic E-state index is 12.2. The summed E-state index contributed by atoms with van der Waals surface area (Å²) in [5.41, 5.74) is 0. The molecule has 0 N–H and O–H groups in total. The molecule has 5 heteroatoms. The Morgan fingerprint density at radius 3 is 2.17 bits per heavy atom. The van der Waals surface area contributed by atoms with Crippen molar-refractivity contribution in [3.05, 3.63) is 12.7 Å². The first-order valence-corrected chi connectivity index (χ1v) is 6.20. The van der Waals surface area contributed by atoms with Crippen LogP contribution < -0.4 is 0 Å². The van der Waals surface area contributed by atoms with E-state index in [4.69, 9.17) is 0 Å². The van der Waals surface area contributed by atoms with Crippen molar-refractivity contribution >= 4 is 17.8 Å². The third-order valence-corrected chi connectivity index (χ3v) is 4.12. The topological polar surface area (TPSA) is 57.7 Å². The van der Waals surface area contributed by atoms with Crippen molar-refractivity contribution in [2.45, 2.75) is 19.3 Å². The Morgan fingerprint density at radius 2 is 1.67 bits per heavy atom. The van der Waals surface area contributed by atoms with Gasteiger partial charge >= 0.3 is 6.03 Å². The SMILES string of the molecule is C=C[C@H]1CCC[C@@H]1C1C(=O)N(C)C(=O)N(C)C1=O. The van der Waals surface area contributed by atoms with Gasteiger partial charge in [0.1, 0.15) is 5.92 Å². The summed E-state index contributed by atoms with van der Waals surface area (Å²) < 4.78 is 0. The molecule has 1 aliphatic carbocycles. The summed E-state index contributed by atoms with van der Waals surface area (Å²) in [6.45, 7) is 3.77. The lowest BCUT2D eigenvalue weighted by Gasteiger charge is -2.36. The van der Waals surface area contributed by atoms with Crippen LogP contribution in [0.2, 0.25) is 0 Å². The van der Waals surface area contributed by atoms with Gasteiger partial charge in [0.15, 0.2) is 0 Å². The van der Waals surface area contributed by atoms with Gasteiger partial charge in [-0.05, 0) is 24.7 Å². The van der Waals surface area contributed by atoms with Crippen LogP contribution in [0.5, 0.6) is 0 Å². The van der Waals surface area contributed by atoms with Gasteiger partial charge in [-0.2, -0.15) is 0 Å². The molecule has 4 amide bonds. The molecule has 1 heterocycles. The fourth-order valence-corrected chi connectivity index (χ4v) is 3.03. The number of allylic oxidation sites excluding steroid dienone is 1. The highest BCUT2D eigenvalue weighted by Crippen LogP contribution is 2.40. The van der Waals surface area contributed by atoms with Gasteiger partial charge in [0.2, 0.25) is 11.8 Å². The summed E-state index contributed by atoms with van der Waals surface area (Å²) in [7, 11) is 2.86. The quantitative estimate of drug-likeness (QED) is 0.547. The molecule has 0 bridgehead atoms. The van der Waals surface area contributed by atoms with Gasteiger partial charge in [0.05, 0.1) is 0 Å². The molecule has 0 aromatic rings. The van der Waals surface area contributed by atoms with Crippen molar-refractivity contribution in [3.63, 3.8) is 0 Å². The zero-order chi connectivity index (χ0) is 13.4. The van der Waals surface area contributed by atoms with E-state index in [1.807, 2.05) is 6.08 Å². The van der Waals surface area contributed by atoms with Crippen molar-refractivity contribution < 1.29 is 14.4 Å². The van der Waals surface area contributed by atoms with Crippen LogP contribution >= 0.6 is 0 Å². The summed E-state index contributed by atoms with van der Waals surface area (Å²) in [4.78, 5) is 38.1. The first-order valence-electron chi connectivity index (χ1n) is 6.20. The maximum Gasteiger partial charge on any atom is 0.332 e. The third kappa shape index (κ3) is 1.74.